The summed E-state index contributed by atoms with van der Waals surface area (Å²) in [5.41, 5.74) is 5.34. The molecule has 17 heavy (non-hydrogen) atoms. The Morgan fingerprint density at radius 2 is 2.24 bits per heavy atom. The van der Waals surface area contributed by atoms with Gasteiger partial charge in [-0.15, -0.1) is 0 Å². The van der Waals surface area contributed by atoms with Gasteiger partial charge in [0.05, 0.1) is 6.04 Å². The summed E-state index contributed by atoms with van der Waals surface area (Å²) in [4.78, 5) is 13.7. The average molecular weight is 241 g/mol. The van der Waals surface area contributed by atoms with Gasteiger partial charge in [0.25, 0.3) is 0 Å². The fraction of sp³-hybridized carbons (Fsp3) is 0.923. The fourth-order valence-electron chi connectivity index (χ4n) is 2.72. The van der Waals surface area contributed by atoms with Gasteiger partial charge in [-0.3, -0.25) is 4.79 Å². The van der Waals surface area contributed by atoms with Crippen LogP contribution in [0.1, 0.15) is 45.4 Å². The molecule has 1 aliphatic rings. The van der Waals surface area contributed by atoms with Gasteiger partial charge in [-0.25, -0.2) is 0 Å². The molecule has 1 fully saturated rings. The zero-order valence-electron chi connectivity index (χ0n) is 11.2. The summed E-state index contributed by atoms with van der Waals surface area (Å²) >= 11 is 0. The Morgan fingerprint density at radius 3 is 2.82 bits per heavy atom. The van der Waals surface area contributed by atoms with Crippen molar-refractivity contribution in [2.24, 2.45) is 5.73 Å². The third-order valence-corrected chi connectivity index (χ3v) is 3.87. The zero-order valence-corrected chi connectivity index (χ0v) is 11.2. The summed E-state index contributed by atoms with van der Waals surface area (Å²) in [5, 5.41) is 2.99. The fourth-order valence-corrected chi connectivity index (χ4v) is 2.72. The standard InChI is InChI=1S/C13H27N3O/c1-3-11-7-5-4-6-9-16(11)10-8-12(15-2)13(14)17/h11-12,15H,3-10H2,1-2H3,(H2,14,17). The number of carbonyl (C=O) groups excluding carboxylic acids is 1. The molecular weight excluding hydrogens is 214 g/mol. The van der Waals surface area contributed by atoms with Crippen LogP contribution in [-0.2, 0) is 4.79 Å². The van der Waals surface area contributed by atoms with E-state index in [2.05, 4.69) is 17.1 Å². The summed E-state index contributed by atoms with van der Waals surface area (Å²) in [6.07, 6.45) is 7.32. The normalized spacial score (nSPS) is 24.2. The number of primary amides is 1. The van der Waals surface area contributed by atoms with Crippen molar-refractivity contribution in [2.75, 3.05) is 20.1 Å². The maximum Gasteiger partial charge on any atom is 0.234 e. The van der Waals surface area contributed by atoms with Crippen LogP contribution in [0.3, 0.4) is 0 Å². The van der Waals surface area contributed by atoms with E-state index in [4.69, 9.17) is 5.73 Å². The molecule has 0 radical (unpaired) electrons. The molecule has 0 saturated carbocycles. The van der Waals surface area contributed by atoms with Gasteiger partial charge in [0.2, 0.25) is 5.91 Å². The van der Waals surface area contributed by atoms with Crippen molar-refractivity contribution in [1.82, 2.24) is 10.2 Å². The maximum absolute atomic E-state index is 11.2. The first-order valence-corrected chi connectivity index (χ1v) is 6.89. The van der Waals surface area contributed by atoms with Gasteiger partial charge in [-0.1, -0.05) is 19.8 Å². The first kappa shape index (κ1) is 14.5. The molecule has 1 amide bonds. The Hall–Kier alpha value is -0.610. The molecule has 0 aliphatic carbocycles. The highest BCUT2D eigenvalue weighted by Crippen LogP contribution is 2.19. The SMILES string of the molecule is CCC1CCCCCN1CCC(NC)C(N)=O. The van der Waals surface area contributed by atoms with Crippen LogP contribution in [0.4, 0.5) is 0 Å². The lowest BCUT2D eigenvalue weighted by Gasteiger charge is -2.30. The molecule has 1 saturated heterocycles. The highest BCUT2D eigenvalue weighted by molar-refractivity contribution is 5.79. The molecule has 0 aromatic heterocycles. The minimum Gasteiger partial charge on any atom is -0.368 e. The van der Waals surface area contributed by atoms with Gasteiger partial charge in [-0.05, 0) is 39.3 Å². The second kappa shape index (κ2) is 7.67. The number of hydrogen-bond donors (Lipinski definition) is 2. The third kappa shape index (κ3) is 4.64. The van der Waals surface area contributed by atoms with Crippen molar-refractivity contribution in [3.05, 3.63) is 0 Å². The number of nitrogens with two attached hydrogens (primary N) is 1. The van der Waals surface area contributed by atoms with E-state index in [1.807, 2.05) is 0 Å². The van der Waals surface area contributed by atoms with Crippen molar-refractivity contribution in [3.63, 3.8) is 0 Å². The van der Waals surface area contributed by atoms with Gasteiger partial charge < -0.3 is 16.0 Å². The highest BCUT2D eigenvalue weighted by atomic mass is 16.1. The number of carbonyl (C=O) groups is 1. The van der Waals surface area contributed by atoms with Gasteiger partial charge >= 0.3 is 0 Å². The second-order valence-electron chi connectivity index (χ2n) is 4.98. The Labute approximate surface area is 105 Å². The van der Waals surface area contributed by atoms with E-state index >= 15 is 0 Å². The van der Waals surface area contributed by atoms with Crippen LogP contribution < -0.4 is 11.1 Å². The summed E-state index contributed by atoms with van der Waals surface area (Å²) in [5.74, 6) is -0.240. The largest absolute Gasteiger partial charge is 0.368 e. The molecule has 3 N–H and O–H groups in total. The molecule has 2 atom stereocenters. The highest BCUT2D eigenvalue weighted by Gasteiger charge is 2.21. The second-order valence-corrected chi connectivity index (χ2v) is 4.98. The van der Waals surface area contributed by atoms with Crippen LogP contribution in [0.15, 0.2) is 0 Å². The molecule has 0 spiro atoms. The molecule has 100 valence electrons. The minimum atomic E-state index is -0.240. The Morgan fingerprint density at radius 1 is 1.47 bits per heavy atom. The Kier molecular flexibility index (Phi) is 6.52. The van der Waals surface area contributed by atoms with Gasteiger partial charge in [0, 0.05) is 12.6 Å². The molecule has 4 nitrogen and oxygen atoms in total. The predicted molar refractivity (Wildman–Crippen MR) is 70.8 cm³/mol. The number of rotatable bonds is 6. The predicted octanol–water partition coefficient (Wildman–Crippen LogP) is 1.10. The zero-order chi connectivity index (χ0) is 12.7. The Bertz CT molecular complexity index is 233. The first-order valence-electron chi connectivity index (χ1n) is 6.89. The molecule has 1 aliphatic heterocycles. The number of amides is 1. The smallest absolute Gasteiger partial charge is 0.234 e. The molecule has 0 aromatic carbocycles. The summed E-state index contributed by atoms with van der Waals surface area (Å²) in [6.45, 7) is 4.41. The lowest BCUT2D eigenvalue weighted by atomic mass is 10.1. The number of likely N-dealkylation sites (N-methyl/N-ethyl adjacent to an activating group) is 1. The van der Waals surface area contributed by atoms with Crippen molar-refractivity contribution in [3.8, 4) is 0 Å². The quantitative estimate of drug-likeness (QED) is 0.732. The Balaban J connectivity index is 2.43. The topological polar surface area (TPSA) is 58.4 Å². The van der Waals surface area contributed by atoms with Crippen molar-refractivity contribution >= 4 is 5.91 Å². The van der Waals surface area contributed by atoms with Crippen molar-refractivity contribution < 1.29 is 4.79 Å². The van der Waals surface area contributed by atoms with Gasteiger partial charge in [-0.2, -0.15) is 0 Å². The number of nitrogens with one attached hydrogen (secondary N) is 1. The molecule has 0 aromatic rings. The summed E-state index contributed by atoms with van der Waals surface area (Å²) < 4.78 is 0. The lowest BCUT2D eigenvalue weighted by molar-refractivity contribution is -0.120. The lowest BCUT2D eigenvalue weighted by Crippen LogP contribution is -2.43. The van der Waals surface area contributed by atoms with E-state index in [0.717, 1.165) is 13.0 Å². The van der Waals surface area contributed by atoms with Gasteiger partial charge in [0.1, 0.15) is 0 Å². The van der Waals surface area contributed by atoms with Crippen LogP contribution in [0, 0.1) is 0 Å². The molecule has 1 rings (SSSR count). The molecule has 0 bridgehead atoms. The minimum absolute atomic E-state index is 0.184. The molecular formula is C13H27N3O. The first-order chi connectivity index (χ1) is 8.19. The number of hydrogen-bond acceptors (Lipinski definition) is 3. The molecule has 4 heteroatoms. The molecule has 1 heterocycles. The van der Waals surface area contributed by atoms with Crippen LogP contribution in [0.5, 0.6) is 0 Å². The third-order valence-electron chi connectivity index (χ3n) is 3.87. The van der Waals surface area contributed by atoms with E-state index < -0.39 is 0 Å². The molecule has 2 unspecified atom stereocenters. The van der Waals surface area contributed by atoms with E-state index in [1.165, 1.54) is 38.6 Å². The average Bonchev–Trinajstić information content (AvgIpc) is 2.54. The van der Waals surface area contributed by atoms with Crippen LogP contribution >= 0.6 is 0 Å². The van der Waals surface area contributed by atoms with Crippen molar-refractivity contribution in [2.45, 2.75) is 57.5 Å². The van der Waals surface area contributed by atoms with E-state index in [-0.39, 0.29) is 11.9 Å². The summed E-state index contributed by atoms with van der Waals surface area (Å²) in [7, 11) is 1.80. The maximum atomic E-state index is 11.2. The van der Waals surface area contributed by atoms with Crippen LogP contribution in [0.2, 0.25) is 0 Å². The van der Waals surface area contributed by atoms with E-state index in [0.29, 0.717) is 6.04 Å². The van der Waals surface area contributed by atoms with Crippen molar-refractivity contribution in [1.29, 1.82) is 0 Å². The van der Waals surface area contributed by atoms with E-state index in [1.54, 1.807) is 7.05 Å². The summed E-state index contributed by atoms with van der Waals surface area (Å²) in [6, 6.07) is 0.513. The van der Waals surface area contributed by atoms with Crippen LogP contribution in [-0.4, -0.2) is 43.0 Å². The number of nitrogens with zero attached hydrogens (tertiary/aromatic N) is 1. The number of likely N-dealkylation sites (tertiary alicyclic amines) is 1. The van der Waals surface area contributed by atoms with E-state index in [9.17, 15) is 4.79 Å². The monoisotopic (exact) mass is 241 g/mol. The van der Waals surface area contributed by atoms with Gasteiger partial charge in [0.15, 0.2) is 0 Å². The van der Waals surface area contributed by atoms with Crippen LogP contribution in [0.25, 0.3) is 0 Å².